The van der Waals surface area contributed by atoms with Crippen LogP contribution in [0.25, 0.3) is 0 Å². The first-order chi connectivity index (χ1) is 13.4. The van der Waals surface area contributed by atoms with E-state index >= 15 is 0 Å². The number of carbonyl (C=O) groups excluding carboxylic acids is 2. The van der Waals surface area contributed by atoms with Crippen LogP contribution in [0.15, 0.2) is 40.6 Å². The minimum absolute atomic E-state index is 0.0691. The molecule has 28 heavy (non-hydrogen) atoms. The number of fused-ring (bicyclic) bond motifs is 1. The molecule has 0 aliphatic carbocycles. The van der Waals surface area contributed by atoms with Gasteiger partial charge in [0.25, 0.3) is 10.0 Å². The molecule has 1 atom stereocenters. The van der Waals surface area contributed by atoms with Crippen LogP contribution in [0, 0.1) is 6.92 Å². The Kier molecular flexibility index (Phi) is 4.98. The second-order valence-electron chi connectivity index (χ2n) is 6.84. The monoisotopic (exact) mass is 420 g/mol. The van der Waals surface area contributed by atoms with Crippen molar-refractivity contribution in [3.8, 4) is 0 Å². The lowest BCUT2D eigenvalue weighted by molar-refractivity contribution is -0.134. The first-order valence-corrected chi connectivity index (χ1v) is 11.3. The molecule has 1 aromatic carbocycles. The van der Waals surface area contributed by atoms with Gasteiger partial charge in [-0.25, -0.2) is 13.2 Å². The quantitative estimate of drug-likeness (QED) is 0.708. The molecule has 4 rings (SSSR count). The van der Waals surface area contributed by atoms with Crippen LogP contribution in [0.3, 0.4) is 0 Å². The van der Waals surface area contributed by atoms with Gasteiger partial charge in [-0.1, -0.05) is 18.2 Å². The molecule has 9 heteroatoms. The summed E-state index contributed by atoms with van der Waals surface area (Å²) >= 11 is 1.25. The largest absolute Gasteiger partial charge is 0.453 e. The summed E-state index contributed by atoms with van der Waals surface area (Å²) in [4.78, 5) is 27.2. The first-order valence-electron chi connectivity index (χ1n) is 9.00. The van der Waals surface area contributed by atoms with Gasteiger partial charge in [-0.2, -0.15) is 4.31 Å². The van der Waals surface area contributed by atoms with E-state index in [2.05, 4.69) is 0 Å². The molecule has 0 N–H and O–H groups in total. The van der Waals surface area contributed by atoms with Crippen molar-refractivity contribution < 1.29 is 22.7 Å². The van der Waals surface area contributed by atoms with E-state index in [1.165, 1.54) is 15.6 Å². The Morgan fingerprint density at radius 2 is 1.86 bits per heavy atom. The van der Waals surface area contributed by atoms with Crippen molar-refractivity contribution in [1.29, 1.82) is 0 Å². The van der Waals surface area contributed by atoms with E-state index in [9.17, 15) is 18.0 Å². The normalized spacial score (nSPS) is 20.1. The first kappa shape index (κ1) is 19.1. The highest BCUT2D eigenvalue weighted by Gasteiger charge is 2.35. The number of carbonyl (C=O) groups is 2. The van der Waals surface area contributed by atoms with Gasteiger partial charge in [0.1, 0.15) is 10.3 Å². The van der Waals surface area contributed by atoms with Gasteiger partial charge < -0.3 is 9.64 Å². The van der Waals surface area contributed by atoms with Gasteiger partial charge in [0.05, 0.1) is 12.0 Å². The zero-order chi connectivity index (χ0) is 19.9. The summed E-state index contributed by atoms with van der Waals surface area (Å²) in [5.74, 6) is -0.547. The van der Waals surface area contributed by atoms with Crippen LogP contribution < -0.4 is 0 Å². The van der Waals surface area contributed by atoms with Crippen LogP contribution in [0.1, 0.15) is 33.3 Å². The standard InChI is InChI=1S/C19H20N2O5S2/c1-13-6-7-18(27-13)28(24,25)21-10-8-20(9-11-21)17(22)12-16-14-4-2-3-5-15(14)19(23)26-16/h2-7,16H,8-12H2,1H3/t16-/m0/s1. The third-order valence-electron chi connectivity index (χ3n) is 5.04. The van der Waals surface area contributed by atoms with Gasteiger partial charge in [-0.15, -0.1) is 11.3 Å². The number of nitrogens with zero attached hydrogens (tertiary/aromatic N) is 2. The number of thiophene rings is 1. The van der Waals surface area contributed by atoms with Crippen LogP contribution in [0.4, 0.5) is 0 Å². The number of aryl methyl sites for hydroxylation is 1. The molecular formula is C19H20N2O5S2. The van der Waals surface area contributed by atoms with Crippen molar-refractivity contribution in [1.82, 2.24) is 9.21 Å². The molecule has 148 valence electrons. The van der Waals surface area contributed by atoms with Gasteiger partial charge in [0, 0.05) is 36.6 Å². The van der Waals surface area contributed by atoms with Crippen LogP contribution in [0.5, 0.6) is 0 Å². The van der Waals surface area contributed by atoms with E-state index in [0.717, 1.165) is 10.4 Å². The number of sulfonamides is 1. The van der Waals surface area contributed by atoms with E-state index in [-0.39, 0.29) is 25.4 Å². The summed E-state index contributed by atoms with van der Waals surface area (Å²) < 4.78 is 32.5. The molecule has 0 spiro atoms. The maximum absolute atomic E-state index is 12.7. The van der Waals surface area contributed by atoms with Crippen molar-refractivity contribution in [3.05, 3.63) is 52.4 Å². The van der Waals surface area contributed by atoms with E-state index in [4.69, 9.17) is 4.74 Å². The zero-order valence-corrected chi connectivity index (χ0v) is 17.0. The van der Waals surface area contributed by atoms with Crippen molar-refractivity contribution >= 4 is 33.2 Å². The molecule has 1 amide bonds. The average molecular weight is 421 g/mol. The van der Waals surface area contributed by atoms with E-state index in [1.54, 1.807) is 35.2 Å². The van der Waals surface area contributed by atoms with Crippen molar-refractivity contribution in [2.24, 2.45) is 0 Å². The number of esters is 1. The van der Waals surface area contributed by atoms with Crippen molar-refractivity contribution in [2.45, 2.75) is 23.7 Å². The molecule has 0 unspecified atom stereocenters. The maximum Gasteiger partial charge on any atom is 0.339 e. The topological polar surface area (TPSA) is 84.0 Å². The summed E-state index contributed by atoms with van der Waals surface area (Å²) in [6, 6.07) is 10.5. The lowest BCUT2D eigenvalue weighted by Gasteiger charge is -2.34. The summed E-state index contributed by atoms with van der Waals surface area (Å²) in [5, 5.41) is 0. The molecule has 2 aliphatic rings. The number of cyclic esters (lactones) is 1. The number of rotatable bonds is 4. The van der Waals surface area contributed by atoms with Gasteiger partial charge in [-0.05, 0) is 25.1 Å². The lowest BCUT2D eigenvalue weighted by Crippen LogP contribution is -2.50. The number of amides is 1. The van der Waals surface area contributed by atoms with Crippen molar-refractivity contribution in [3.63, 3.8) is 0 Å². The Bertz CT molecular complexity index is 1020. The molecule has 0 saturated carbocycles. The van der Waals surface area contributed by atoms with Crippen LogP contribution >= 0.6 is 11.3 Å². The number of hydrogen-bond donors (Lipinski definition) is 0. The minimum Gasteiger partial charge on any atom is -0.453 e. The second kappa shape index (κ2) is 7.31. The summed E-state index contributed by atoms with van der Waals surface area (Å²) in [7, 11) is -3.52. The molecule has 1 saturated heterocycles. The summed E-state index contributed by atoms with van der Waals surface area (Å²) in [5.41, 5.74) is 1.23. The Balaban J connectivity index is 1.38. The smallest absolute Gasteiger partial charge is 0.339 e. The summed E-state index contributed by atoms with van der Waals surface area (Å²) in [6.07, 6.45) is -0.508. The molecule has 2 aromatic rings. The van der Waals surface area contributed by atoms with E-state index in [0.29, 0.717) is 22.9 Å². The van der Waals surface area contributed by atoms with Crippen LogP contribution in [-0.2, 0) is 19.6 Å². The molecule has 0 bridgehead atoms. The van der Waals surface area contributed by atoms with Crippen molar-refractivity contribution in [2.75, 3.05) is 26.2 Å². The minimum atomic E-state index is -3.52. The highest BCUT2D eigenvalue weighted by Crippen LogP contribution is 2.33. The fourth-order valence-electron chi connectivity index (χ4n) is 3.52. The van der Waals surface area contributed by atoms with E-state index < -0.39 is 22.1 Å². The fourth-order valence-corrected chi connectivity index (χ4v) is 6.37. The molecular weight excluding hydrogens is 400 g/mol. The van der Waals surface area contributed by atoms with E-state index in [1.807, 2.05) is 13.0 Å². The molecule has 3 heterocycles. The molecule has 1 fully saturated rings. The lowest BCUT2D eigenvalue weighted by atomic mass is 10.0. The van der Waals surface area contributed by atoms with Crippen LogP contribution in [-0.4, -0.2) is 55.7 Å². The third-order valence-corrected chi connectivity index (χ3v) is 8.40. The van der Waals surface area contributed by atoms with Crippen LogP contribution in [0.2, 0.25) is 0 Å². The van der Waals surface area contributed by atoms with Gasteiger partial charge in [0.2, 0.25) is 5.91 Å². The predicted molar refractivity (Wildman–Crippen MR) is 104 cm³/mol. The Labute approximate surface area is 167 Å². The zero-order valence-electron chi connectivity index (χ0n) is 15.3. The highest BCUT2D eigenvalue weighted by molar-refractivity contribution is 7.91. The molecule has 2 aliphatic heterocycles. The molecule has 0 radical (unpaired) electrons. The van der Waals surface area contributed by atoms with Gasteiger partial charge in [0.15, 0.2) is 0 Å². The molecule has 1 aromatic heterocycles. The fraction of sp³-hybridized carbons (Fsp3) is 0.368. The SMILES string of the molecule is Cc1ccc(S(=O)(=O)N2CCN(C(=O)C[C@@H]3OC(=O)c4ccccc43)CC2)s1. The highest BCUT2D eigenvalue weighted by atomic mass is 32.2. The Hall–Kier alpha value is -2.23. The third kappa shape index (κ3) is 3.45. The Morgan fingerprint density at radius 3 is 2.54 bits per heavy atom. The average Bonchev–Trinajstić information content (AvgIpc) is 3.26. The second-order valence-corrected chi connectivity index (χ2v) is 10.3. The molecule has 7 nitrogen and oxygen atoms in total. The number of piperazine rings is 1. The maximum atomic E-state index is 12.7. The Morgan fingerprint density at radius 1 is 1.14 bits per heavy atom. The van der Waals surface area contributed by atoms with Gasteiger partial charge in [-0.3, -0.25) is 4.79 Å². The number of benzene rings is 1. The number of ether oxygens (including phenoxy) is 1. The predicted octanol–water partition coefficient (Wildman–Crippen LogP) is 2.19. The van der Waals surface area contributed by atoms with Gasteiger partial charge >= 0.3 is 5.97 Å². The summed E-state index contributed by atoms with van der Waals surface area (Å²) in [6.45, 7) is 3.03. The number of hydrogen-bond acceptors (Lipinski definition) is 6.